The Morgan fingerprint density at radius 2 is 1.81 bits per heavy atom. The second kappa shape index (κ2) is 5.74. The Morgan fingerprint density at radius 1 is 1.14 bits per heavy atom. The topological polar surface area (TPSA) is 64.3 Å². The summed E-state index contributed by atoms with van der Waals surface area (Å²) in [6, 6.07) is 5.44. The lowest BCUT2D eigenvalue weighted by Crippen LogP contribution is -2.17. The summed E-state index contributed by atoms with van der Waals surface area (Å²) < 4.78 is 45.7. The van der Waals surface area contributed by atoms with Crippen LogP contribution in [0, 0.1) is 17.5 Å². The number of carbonyl (C=O) groups excluding carboxylic acids is 1. The Hall–Kier alpha value is -2.70. The third kappa shape index (κ3) is 2.91. The first kappa shape index (κ1) is 14.7. The summed E-state index contributed by atoms with van der Waals surface area (Å²) in [6.07, 6.45) is 0. The maximum absolute atomic E-state index is 13.7. The van der Waals surface area contributed by atoms with E-state index in [-0.39, 0.29) is 17.1 Å². The van der Waals surface area contributed by atoms with Crippen molar-refractivity contribution in [3.8, 4) is 5.75 Å². The third-order valence-corrected chi connectivity index (χ3v) is 2.77. The van der Waals surface area contributed by atoms with Gasteiger partial charge in [-0.25, -0.2) is 13.2 Å². The number of methoxy groups -OCH3 is 1. The predicted octanol–water partition coefficient (Wildman–Crippen LogP) is 2.95. The summed E-state index contributed by atoms with van der Waals surface area (Å²) in [5.41, 5.74) is 3.76. The number of nitrogen functional groups attached to an aromatic ring is 1. The number of benzene rings is 2. The summed E-state index contributed by atoms with van der Waals surface area (Å²) >= 11 is 0. The van der Waals surface area contributed by atoms with Crippen molar-refractivity contribution in [3.05, 3.63) is 53.3 Å². The predicted molar refractivity (Wildman–Crippen MR) is 71.7 cm³/mol. The fourth-order valence-corrected chi connectivity index (χ4v) is 1.69. The molecular weight excluding hydrogens is 285 g/mol. The van der Waals surface area contributed by atoms with E-state index in [2.05, 4.69) is 5.32 Å². The molecule has 110 valence electrons. The van der Waals surface area contributed by atoms with E-state index < -0.39 is 28.9 Å². The summed E-state index contributed by atoms with van der Waals surface area (Å²) in [5.74, 6) is -3.93. The minimum Gasteiger partial charge on any atom is -0.497 e. The van der Waals surface area contributed by atoms with Crippen LogP contribution in [0.2, 0.25) is 0 Å². The van der Waals surface area contributed by atoms with Crippen molar-refractivity contribution in [2.75, 3.05) is 18.2 Å². The van der Waals surface area contributed by atoms with Crippen LogP contribution in [0.4, 0.5) is 24.5 Å². The van der Waals surface area contributed by atoms with E-state index in [0.29, 0.717) is 0 Å². The maximum atomic E-state index is 13.7. The summed E-state index contributed by atoms with van der Waals surface area (Å²) in [5, 5.41) is 2.08. The standard InChI is InChI=1S/C14H11F3N2O2/c1-21-7-2-3-8(15)11(6-7)19-14(20)12-9(16)4-5-10(18)13(12)17/h2-6H,18H2,1H3,(H,19,20). The monoisotopic (exact) mass is 296 g/mol. The molecule has 1 amide bonds. The van der Waals surface area contributed by atoms with Crippen molar-refractivity contribution in [2.45, 2.75) is 0 Å². The first-order valence-corrected chi connectivity index (χ1v) is 5.82. The van der Waals surface area contributed by atoms with Crippen LogP contribution in [0.25, 0.3) is 0 Å². The van der Waals surface area contributed by atoms with Gasteiger partial charge in [0.15, 0.2) is 5.82 Å². The molecule has 3 N–H and O–H groups in total. The molecule has 0 saturated carbocycles. The molecule has 0 aliphatic carbocycles. The number of rotatable bonds is 3. The molecule has 7 heteroatoms. The molecule has 0 unspecified atom stereocenters. The van der Waals surface area contributed by atoms with Crippen molar-refractivity contribution < 1.29 is 22.7 Å². The Labute approximate surface area is 118 Å². The minimum atomic E-state index is -1.20. The molecule has 0 radical (unpaired) electrons. The third-order valence-electron chi connectivity index (χ3n) is 2.77. The lowest BCUT2D eigenvalue weighted by Gasteiger charge is -2.10. The quantitative estimate of drug-likeness (QED) is 0.856. The fourth-order valence-electron chi connectivity index (χ4n) is 1.69. The number of carbonyl (C=O) groups is 1. The van der Waals surface area contributed by atoms with Gasteiger partial charge in [-0.15, -0.1) is 0 Å². The highest BCUT2D eigenvalue weighted by molar-refractivity contribution is 6.05. The molecule has 0 aliphatic heterocycles. The van der Waals surface area contributed by atoms with Crippen LogP contribution in [-0.2, 0) is 0 Å². The molecule has 4 nitrogen and oxygen atoms in total. The average Bonchev–Trinajstić information content (AvgIpc) is 2.46. The van der Waals surface area contributed by atoms with Gasteiger partial charge in [0.2, 0.25) is 0 Å². The van der Waals surface area contributed by atoms with Gasteiger partial charge in [-0.2, -0.15) is 0 Å². The van der Waals surface area contributed by atoms with Gasteiger partial charge < -0.3 is 15.8 Å². The first-order valence-electron chi connectivity index (χ1n) is 5.82. The number of halogens is 3. The van der Waals surface area contributed by atoms with Crippen LogP contribution in [0.5, 0.6) is 5.75 Å². The zero-order valence-electron chi connectivity index (χ0n) is 10.9. The fraction of sp³-hybridized carbons (Fsp3) is 0.0714. The zero-order chi connectivity index (χ0) is 15.6. The number of nitrogens with two attached hydrogens (primary N) is 1. The number of anilines is 2. The zero-order valence-corrected chi connectivity index (χ0v) is 10.9. The maximum Gasteiger partial charge on any atom is 0.261 e. The molecular formula is C14H11F3N2O2. The number of hydrogen-bond donors (Lipinski definition) is 2. The highest BCUT2D eigenvalue weighted by Gasteiger charge is 2.20. The van der Waals surface area contributed by atoms with Crippen molar-refractivity contribution in [2.24, 2.45) is 0 Å². The molecule has 0 saturated heterocycles. The van der Waals surface area contributed by atoms with Gasteiger partial charge in [0.05, 0.1) is 18.5 Å². The Balaban J connectivity index is 2.37. The minimum absolute atomic E-state index is 0.263. The van der Waals surface area contributed by atoms with Crippen LogP contribution in [-0.4, -0.2) is 13.0 Å². The van der Waals surface area contributed by atoms with E-state index in [1.165, 1.54) is 19.2 Å². The van der Waals surface area contributed by atoms with Gasteiger partial charge in [0, 0.05) is 6.07 Å². The van der Waals surface area contributed by atoms with Crippen molar-refractivity contribution in [1.29, 1.82) is 0 Å². The number of ether oxygens (including phenoxy) is 1. The van der Waals surface area contributed by atoms with Gasteiger partial charge in [0.25, 0.3) is 5.91 Å². The summed E-state index contributed by atoms with van der Waals surface area (Å²) in [4.78, 5) is 11.9. The van der Waals surface area contributed by atoms with E-state index in [1.54, 1.807) is 0 Å². The highest BCUT2D eigenvalue weighted by Crippen LogP contribution is 2.24. The Kier molecular flexibility index (Phi) is 4.02. The molecule has 0 heterocycles. The van der Waals surface area contributed by atoms with Gasteiger partial charge in [0.1, 0.15) is 22.9 Å². The van der Waals surface area contributed by atoms with E-state index in [4.69, 9.17) is 10.5 Å². The first-order chi connectivity index (χ1) is 9.93. The van der Waals surface area contributed by atoms with Gasteiger partial charge >= 0.3 is 0 Å². The number of nitrogens with one attached hydrogen (secondary N) is 1. The summed E-state index contributed by atoms with van der Waals surface area (Å²) in [7, 11) is 1.36. The van der Waals surface area contributed by atoms with Gasteiger partial charge in [-0.05, 0) is 24.3 Å². The lowest BCUT2D eigenvalue weighted by atomic mass is 10.1. The second-order valence-electron chi connectivity index (χ2n) is 4.13. The van der Waals surface area contributed by atoms with Gasteiger partial charge in [-0.1, -0.05) is 0 Å². The van der Waals surface area contributed by atoms with Crippen LogP contribution >= 0.6 is 0 Å². The normalized spacial score (nSPS) is 10.3. The highest BCUT2D eigenvalue weighted by atomic mass is 19.1. The number of amides is 1. The molecule has 2 aromatic rings. The summed E-state index contributed by atoms with van der Waals surface area (Å²) in [6.45, 7) is 0. The van der Waals surface area contributed by atoms with Crippen LogP contribution in [0.3, 0.4) is 0 Å². The van der Waals surface area contributed by atoms with E-state index in [0.717, 1.165) is 18.2 Å². The van der Waals surface area contributed by atoms with Crippen molar-refractivity contribution >= 4 is 17.3 Å². The Bertz CT molecular complexity index is 705. The molecule has 0 fully saturated rings. The van der Waals surface area contributed by atoms with Gasteiger partial charge in [-0.3, -0.25) is 4.79 Å². The largest absolute Gasteiger partial charge is 0.497 e. The molecule has 0 bridgehead atoms. The van der Waals surface area contributed by atoms with Crippen LogP contribution < -0.4 is 15.8 Å². The van der Waals surface area contributed by atoms with Crippen molar-refractivity contribution in [1.82, 2.24) is 0 Å². The molecule has 0 aliphatic rings. The van der Waals surface area contributed by atoms with Crippen LogP contribution in [0.15, 0.2) is 30.3 Å². The Morgan fingerprint density at radius 3 is 2.48 bits per heavy atom. The molecule has 21 heavy (non-hydrogen) atoms. The average molecular weight is 296 g/mol. The molecule has 2 aromatic carbocycles. The second-order valence-corrected chi connectivity index (χ2v) is 4.13. The smallest absolute Gasteiger partial charge is 0.261 e. The van der Waals surface area contributed by atoms with E-state index in [1.807, 2.05) is 0 Å². The lowest BCUT2D eigenvalue weighted by molar-refractivity contribution is 0.101. The molecule has 0 spiro atoms. The van der Waals surface area contributed by atoms with E-state index >= 15 is 0 Å². The molecule has 0 atom stereocenters. The van der Waals surface area contributed by atoms with Crippen molar-refractivity contribution in [3.63, 3.8) is 0 Å². The van der Waals surface area contributed by atoms with Crippen LogP contribution in [0.1, 0.15) is 10.4 Å². The molecule has 2 rings (SSSR count). The van der Waals surface area contributed by atoms with E-state index in [9.17, 15) is 18.0 Å². The SMILES string of the molecule is COc1ccc(F)c(NC(=O)c2c(F)ccc(N)c2F)c1. The molecule has 0 aromatic heterocycles. The number of hydrogen-bond acceptors (Lipinski definition) is 3.